The van der Waals surface area contributed by atoms with E-state index in [1.54, 1.807) is 0 Å². The topological polar surface area (TPSA) is 109 Å². The fourth-order valence-electron chi connectivity index (χ4n) is 2.77. The summed E-state index contributed by atoms with van der Waals surface area (Å²) in [4.78, 5) is 48.7. The first-order chi connectivity index (χ1) is 15.6. The van der Waals surface area contributed by atoms with E-state index in [0.717, 1.165) is 77.5 Å². The molecule has 0 saturated heterocycles. The summed E-state index contributed by atoms with van der Waals surface area (Å²) in [7, 11) is 0. The summed E-state index contributed by atoms with van der Waals surface area (Å²) in [6.07, 6.45) is 8.53. The monoisotopic (exact) mass is 556 g/mol. The molecule has 9 heteroatoms. The van der Waals surface area contributed by atoms with Crippen LogP contribution in [-0.2, 0) is 44.5 Å². The predicted octanol–water partition coefficient (Wildman–Crippen LogP) is 4.55. The number of hydrogen-bond donors (Lipinski definition) is 0. The zero-order valence-corrected chi connectivity index (χ0v) is 23.7. The van der Waals surface area contributed by atoms with Crippen molar-refractivity contribution in [3.05, 3.63) is 0 Å². The molecule has 0 saturated carbocycles. The van der Waals surface area contributed by atoms with E-state index in [2.05, 4.69) is 27.7 Å². The zero-order valence-electron chi connectivity index (χ0n) is 21.7. The van der Waals surface area contributed by atoms with Gasteiger partial charge in [-0.1, -0.05) is 53.4 Å². The van der Waals surface area contributed by atoms with Crippen LogP contribution in [0, 0.1) is 0 Å². The molecule has 0 rings (SSSR count). The minimum absolute atomic E-state index is 0.00981. The van der Waals surface area contributed by atoms with Crippen LogP contribution in [0.2, 0.25) is 0 Å². The quantitative estimate of drug-likeness (QED) is 0.205. The van der Waals surface area contributed by atoms with Gasteiger partial charge in [-0.05, 0) is 39.5 Å². The SMILES string of the molecule is CCCCN(CCCC)C(=O)CC(C)=O.CCCCN(CCCC)C(=O)CC(C)=O.[O]=[Mo+2]=[O]. The van der Waals surface area contributed by atoms with E-state index in [0.29, 0.717) is 0 Å². The Hall–Kier alpha value is -1.43. The maximum absolute atomic E-state index is 11.7. The first-order valence-electron chi connectivity index (χ1n) is 12.1. The standard InChI is InChI=1S/2C12H23NO2.Mo.2O/c2*1-4-6-8-13(9-7-5-2)12(15)10-11(3)14;;;/h2*4-10H2,1-3H3;;;/q;;+2;;. The third-order valence-corrected chi connectivity index (χ3v) is 4.63. The third kappa shape index (κ3) is 26.7. The maximum atomic E-state index is 11.7. The van der Waals surface area contributed by atoms with Crippen molar-refractivity contribution in [3.63, 3.8) is 0 Å². The van der Waals surface area contributed by atoms with Gasteiger partial charge in [0.2, 0.25) is 11.8 Å². The molecule has 0 atom stereocenters. The third-order valence-electron chi connectivity index (χ3n) is 4.63. The Kier molecular flexibility index (Phi) is 29.4. The average molecular weight is 555 g/mol. The number of rotatable bonds is 16. The Morgan fingerprint density at radius 2 is 0.758 bits per heavy atom. The van der Waals surface area contributed by atoms with Crippen molar-refractivity contribution < 1.29 is 44.5 Å². The first kappa shape index (κ1) is 36.1. The van der Waals surface area contributed by atoms with Crippen molar-refractivity contribution in [1.82, 2.24) is 9.80 Å². The van der Waals surface area contributed by atoms with Gasteiger partial charge in [-0.25, -0.2) is 0 Å². The van der Waals surface area contributed by atoms with E-state index >= 15 is 0 Å². The van der Waals surface area contributed by atoms with Crippen LogP contribution >= 0.6 is 0 Å². The summed E-state index contributed by atoms with van der Waals surface area (Å²) in [6, 6.07) is 0. The summed E-state index contributed by atoms with van der Waals surface area (Å²) in [5, 5.41) is 0. The Labute approximate surface area is 209 Å². The van der Waals surface area contributed by atoms with Gasteiger partial charge >= 0.3 is 25.3 Å². The van der Waals surface area contributed by atoms with Gasteiger partial charge in [0.05, 0.1) is 12.8 Å². The van der Waals surface area contributed by atoms with Crippen LogP contribution in [0.3, 0.4) is 0 Å². The molecular weight excluding hydrogens is 508 g/mol. The molecular formula is C24H46MoN2O6+2. The fraction of sp³-hybridized carbons (Fsp3) is 0.833. The Balaban J connectivity index is -0.000000487. The number of carbonyl (C=O) groups excluding carboxylic acids is 4. The van der Waals surface area contributed by atoms with Crippen LogP contribution in [-0.4, -0.2) is 59.4 Å². The van der Waals surface area contributed by atoms with Crippen molar-refractivity contribution in [3.8, 4) is 0 Å². The molecule has 0 aliphatic carbocycles. The zero-order chi connectivity index (χ0) is 26.1. The summed E-state index contributed by atoms with van der Waals surface area (Å²) < 4.78 is 17.0. The normalized spacial score (nSPS) is 9.39. The molecule has 0 aliphatic heterocycles. The van der Waals surface area contributed by atoms with Gasteiger partial charge in [0.1, 0.15) is 11.6 Å². The molecule has 8 nitrogen and oxygen atoms in total. The summed E-state index contributed by atoms with van der Waals surface area (Å²) >= 11 is -2.03. The minimum atomic E-state index is -2.03. The molecule has 0 fully saturated rings. The molecule has 0 heterocycles. The van der Waals surface area contributed by atoms with E-state index in [4.69, 9.17) is 6.80 Å². The van der Waals surface area contributed by atoms with Crippen LogP contribution in [0.5, 0.6) is 0 Å². The molecule has 33 heavy (non-hydrogen) atoms. The van der Waals surface area contributed by atoms with Gasteiger partial charge in [0.25, 0.3) is 0 Å². The second-order valence-electron chi connectivity index (χ2n) is 8.00. The van der Waals surface area contributed by atoms with Crippen molar-refractivity contribution in [2.75, 3.05) is 26.2 Å². The second-order valence-corrected chi connectivity index (χ2v) is 8.34. The summed E-state index contributed by atoms with van der Waals surface area (Å²) in [6.45, 7) is 14.5. The van der Waals surface area contributed by atoms with Crippen LogP contribution in [0.4, 0.5) is 0 Å². The van der Waals surface area contributed by atoms with E-state index in [1.165, 1.54) is 13.8 Å². The first-order valence-corrected chi connectivity index (χ1v) is 13.7. The predicted molar refractivity (Wildman–Crippen MR) is 125 cm³/mol. The summed E-state index contributed by atoms with van der Waals surface area (Å²) in [5.74, 6) is -0.107. The Morgan fingerprint density at radius 1 is 0.545 bits per heavy atom. The fourth-order valence-corrected chi connectivity index (χ4v) is 2.77. The number of hydrogen-bond acceptors (Lipinski definition) is 6. The van der Waals surface area contributed by atoms with Crippen molar-refractivity contribution in [1.29, 1.82) is 0 Å². The number of unbranched alkanes of at least 4 members (excludes halogenated alkanes) is 4. The number of Topliss-reactive ketones (excluding diaryl/α,β-unsaturated/α-hetero) is 2. The Bertz CT molecular complexity index is 517. The van der Waals surface area contributed by atoms with Gasteiger partial charge in [0, 0.05) is 26.2 Å². The van der Waals surface area contributed by atoms with Crippen LogP contribution in [0.25, 0.3) is 0 Å². The van der Waals surface area contributed by atoms with Gasteiger partial charge in [-0.2, -0.15) is 0 Å². The van der Waals surface area contributed by atoms with Crippen LogP contribution < -0.4 is 0 Å². The molecule has 0 aromatic heterocycles. The average Bonchev–Trinajstić information content (AvgIpc) is 2.74. The number of ketones is 2. The van der Waals surface area contributed by atoms with Crippen molar-refractivity contribution >= 4 is 23.4 Å². The van der Waals surface area contributed by atoms with Crippen molar-refractivity contribution in [2.24, 2.45) is 0 Å². The van der Waals surface area contributed by atoms with Gasteiger partial charge in [0.15, 0.2) is 0 Å². The summed E-state index contributed by atoms with van der Waals surface area (Å²) in [5.41, 5.74) is 0. The van der Waals surface area contributed by atoms with E-state index in [1.807, 2.05) is 9.80 Å². The second kappa shape index (κ2) is 26.8. The molecule has 0 radical (unpaired) electrons. The van der Waals surface area contributed by atoms with Gasteiger partial charge in [-0.15, -0.1) is 0 Å². The van der Waals surface area contributed by atoms with Crippen molar-refractivity contribution in [2.45, 2.75) is 106 Å². The molecule has 0 N–H and O–H groups in total. The van der Waals surface area contributed by atoms with Crippen LogP contribution in [0.1, 0.15) is 106 Å². The molecule has 0 bridgehead atoms. The molecule has 2 amide bonds. The molecule has 0 unspecified atom stereocenters. The van der Waals surface area contributed by atoms with E-state index in [9.17, 15) is 19.2 Å². The van der Waals surface area contributed by atoms with Crippen LogP contribution in [0.15, 0.2) is 0 Å². The number of nitrogens with zero attached hydrogens (tertiary/aromatic N) is 2. The van der Waals surface area contributed by atoms with Gasteiger partial charge in [-0.3, -0.25) is 19.2 Å². The number of amides is 2. The number of carbonyl (C=O) groups is 4. The molecule has 192 valence electrons. The molecule has 0 aromatic rings. The van der Waals surface area contributed by atoms with E-state index < -0.39 is 18.5 Å². The molecule has 0 spiro atoms. The Morgan fingerprint density at radius 3 is 0.909 bits per heavy atom. The van der Waals surface area contributed by atoms with E-state index in [-0.39, 0.29) is 36.2 Å². The molecule has 0 aromatic carbocycles. The molecule has 0 aliphatic rings. The van der Waals surface area contributed by atoms with Gasteiger partial charge < -0.3 is 9.80 Å².